The summed E-state index contributed by atoms with van der Waals surface area (Å²) in [6.45, 7) is 3.16. The molecule has 3 nitrogen and oxygen atoms in total. The first-order valence-corrected chi connectivity index (χ1v) is 5.71. The molecule has 0 aromatic heterocycles. The fourth-order valence-electron chi connectivity index (χ4n) is 1.72. The molecule has 0 aliphatic carbocycles. The number of esters is 1. The van der Waals surface area contributed by atoms with E-state index >= 15 is 0 Å². The van der Waals surface area contributed by atoms with Crippen LogP contribution in [0.2, 0.25) is 0 Å². The molecule has 0 fully saturated rings. The fraction of sp³-hybridized carbons (Fsp3) is 0.462. The van der Waals surface area contributed by atoms with Gasteiger partial charge in [-0.3, -0.25) is 4.79 Å². The quantitative estimate of drug-likeness (QED) is 0.825. The first-order chi connectivity index (χ1) is 8.38. The molecule has 1 atom stereocenters. The van der Waals surface area contributed by atoms with Gasteiger partial charge in [0.1, 0.15) is 11.6 Å². The highest BCUT2D eigenvalue weighted by Crippen LogP contribution is 2.30. The highest BCUT2D eigenvalue weighted by Gasteiger charge is 2.30. The van der Waals surface area contributed by atoms with Crippen LogP contribution in [0, 0.1) is 11.6 Å². The van der Waals surface area contributed by atoms with Gasteiger partial charge in [-0.1, -0.05) is 6.07 Å². The fourth-order valence-corrected chi connectivity index (χ4v) is 1.72. The average molecular weight is 258 g/mol. The lowest BCUT2D eigenvalue weighted by Gasteiger charge is -2.24. The van der Waals surface area contributed by atoms with Crippen molar-refractivity contribution in [3.63, 3.8) is 0 Å². The summed E-state index contributed by atoms with van der Waals surface area (Å²) in [5, 5.41) is 10.1. The van der Waals surface area contributed by atoms with Crippen LogP contribution in [0.4, 0.5) is 8.78 Å². The standard InChI is InChI=1S/C13H16F2O3/c1-3-18-11(16)7-8-13(2,17)12-9(14)5-4-6-10(12)15/h4-6,17H,3,7-8H2,1-2H3. The Morgan fingerprint density at radius 2 is 1.94 bits per heavy atom. The molecule has 0 heterocycles. The van der Waals surface area contributed by atoms with Gasteiger partial charge in [0.05, 0.1) is 17.8 Å². The Kier molecular flexibility index (Phi) is 4.78. The maximum Gasteiger partial charge on any atom is 0.305 e. The van der Waals surface area contributed by atoms with Gasteiger partial charge in [-0.2, -0.15) is 0 Å². The van der Waals surface area contributed by atoms with Crippen molar-refractivity contribution in [2.75, 3.05) is 6.61 Å². The van der Waals surface area contributed by atoms with Crippen molar-refractivity contribution in [1.29, 1.82) is 0 Å². The second kappa shape index (κ2) is 5.91. The molecular formula is C13H16F2O3. The first-order valence-electron chi connectivity index (χ1n) is 5.71. The predicted molar refractivity (Wildman–Crippen MR) is 61.8 cm³/mol. The zero-order chi connectivity index (χ0) is 13.8. The number of carbonyl (C=O) groups excluding carboxylic acids is 1. The zero-order valence-electron chi connectivity index (χ0n) is 10.4. The highest BCUT2D eigenvalue weighted by atomic mass is 19.1. The van der Waals surface area contributed by atoms with E-state index in [1.807, 2.05) is 0 Å². The van der Waals surface area contributed by atoms with Gasteiger partial charge in [-0.25, -0.2) is 8.78 Å². The Balaban J connectivity index is 2.83. The van der Waals surface area contributed by atoms with Crippen LogP contribution in [-0.2, 0) is 15.1 Å². The van der Waals surface area contributed by atoms with E-state index in [4.69, 9.17) is 4.74 Å². The molecule has 100 valence electrons. The number of aliphatic hydroxyl groups is 1. The first kappa shape index (κ1) is 14.6. The maximum atomic E-state index is 13.5. The van der Waals surface area contributed by atoms with Crippen LogP contribution < -0.4 is 0 Å². The Hall–Kier alpha value is -1.49. The monoisotopic (exact) mass is 258 g/mol. The van der Waals surface area contributed by atoms with Gasteiger partial charge in [0.15, 0.2) is 0 Å². The van der Waals surface area contributed by atoms with Crippen LogP contribution >= 0.6 is 0 Å². The molecule has 5 heteroatoms. The van der Waals surface area contributed by atoms with Crippen LogP contribution in [0.1, 0.15) is 32.3 Å². The maximum absolute atomic E-state index is 13.5. The number of benzene rings is 1. The van der Waals surface area contributed by atoms with Crippen molar-refractivity contribution in [2.24, 2.45) is 0 Å². The minimum atomic E-state index is -1.75. The summed E-state index contributed by atoms with van der Waals surface area (Å²) in [4.78, 5) is 11.2. The molecule has 0 amide bonds. The van der Waals surface area contributed by atoms with E-state index in [0.29, 0.717) is 0 Å². The van der Waals surface area contributed by atoms with E-state index in [0.717, 1.165) is 12.1 Å². The molecule has 0 saturated heterocycles. The SMILES string of the molecule is CCOC(=O)CCC(C)(O)c1c(F)cccc1F. The van der Waals surface area contributed by atoms with Crippen LogP contribution in [0.15, 0.2) is 18.2 Å². The predicted octanol–water partition coefficient (Wildman–Crippen LogP) is 2.52. The van der Waals surface area contributed by atoms with Gasteiger partial charge >= 0.3 is 5.97 Å². The molecule has 18 heavy (non-hydrogen) atoms. The summed E-state index contributed by atoms with van der Waals surface area (Å²) in [6.07, 6.45) is -0.210. The van der Waals surface area contributed by atoms with E-state index in [2.05, 4.69) is 0 Å². The van der Waals surface area contributed by atoms with Gasteiger partial charge < -0.3 is 9.84 Å². The molecule has 0 aliphatic heterocycles. The van der Waals surface area contributed by atoms with Crippen LogP contribution in [0.5, 0.6) is 0 Å². The summed E-state index contributed by atoms with van der Waals surface area (Å²) in [5.41, 5.74) is -2.17. The topological polar surface area (TPSA) is 46.5 Å². The smallest absolute Gasteiger partial charge is 0.305 e. The molecule has 1 unspecified atom stereocenters. The molecule has 1 aromatic carbocycles. The Morgan fingerprint density at radius 3 is 2.44 bits per heavy atom. The lowest BCUT2D eigenvalue weighted by Crippen LogP contribution is -2.26. The minimum Gasteiger partial charge on any atom is -0.466 e. The average Bonchev–Trinajstić information content (AvgIpc) is 2.26. The van der Waals surface area contributed by atoms with Crippen LogP contribution in [0.3, 0.4) is 0 Å². The zero-order valence-corrected chi connectivity index (χ0v) is 10.4. The van der Waals surface area contributed by atoms with E-state index in [9.17, 15) is 18.7 Å². The highest BCUT2D eigenvalue weighted by molar-refractivity contribution is 5.69. The van der Waals surface area contributed by atoms with E-state index in [1.54, 1.807) is 6.92 Å². The van der Waals surface area contributed by atoms with Crippen molar-refractivity contribution in [1.82, 2.24) is 0 Å². The molecule has 1 N–H and O–H groups in total. The summed E-state index contributed by atoms with van der Waals surface area (Å²) in [5.74, 6) is -2.16. The third-order valence-electron chi connectivity index (χ3n) is 2.62. The number of hydrogen-bond donors (Lipinski definition) is 1. The Labute approximate surface area is 104 Å². The summed E-state index contributed by atoms with van der Waals surface area (Å²) in [6, 6.07) is 3.35. The second-order valence-corrected chi connectivity index (χ2v) is 4.18. The molecule has 0 saturated carbocycles. The number of ether oxygens (including phenoxy) is 1. The van der Waals surface area contributed by atoms with Gasteiger partial charge in [-0.15, -0.1) is 0 Å². The van der Waals surface area contributed by atoms with Crippen molar-refractivity contribution in [2.45, 2.75) is 32.3 Å². The Bertz CT molecular complexity index is 410. The summed E-state index contributed by atoms with van der Waals surface area (Å²) >= 11 is 0. The van der Waals surface area contributed by atoms with Crippen molar-refractivity contribution in [3.05, 3.63) is 35.4 Å². The molecule has 0 spiro atoms. The van der Waals surface area contributed by atoms with Crippen LogP contribution in [-0.4, -0.2) is 17.7 Å². The lowest BCUT2D eigenvalue weighted by atomic mass is 9.90. The third-order valence-corrected chi connectivity index (χ3v) is 2.62. The van der Waals surface area contributed by atoms with E-state index in [-0.39, 0.29) is 19.4 Å². The van der Waals surface area contributed by atoms with Gasteiger partial charge in [-0.05, 0) is 32.4 Å². The number of hydrogen-bond acceptors (Lipinski definition) is 3. The number of carbonyl (C=O) groups is 1. The van der Waals surface area contributed by atoms with Crippen molar-refractivity contribution >= 4 is 5.97 Å². The molecule has 0 radical (unpaired) electrons. The van der Waals surface area contributed by atoms with Gasteiger partial charge in [0.2, 0.25) is 0 Å². The third kappa shape index (κ3) is 3.50. The van der Waals surface area contributed by atoms with Crippen molar-refractivity contribution in [3.8, 4) is 0 Å². The van der Waals surface area contributed by atoms with Gasteiger partial charge in [0, 0.05) is 6.42 Å². The second-order valence-electron chi connectivity index (χ2n) is 4.18. The van der Waals surface area contributed by atoms with Crippen molar-refractivity contribution < 1.29 is 23.4 Å². The van der Waals surface area contributed by atoms with Crippen LogP contribution in [0.25, 0.3) is 0 Å². The Morgan fingerprint density at radius 1 is 1.39 bits per heavy atom. The number of halogens is 2. The normalized spacial score (nSPS) is 14.1. The lowest BCUT2D eigenvalue weighted by molar-refractivity contribution is -0.144. The van der Waals surface area contributed by atoms with Gasteiger partial charge in [0.25, 0.3) is 0 Å². The summed E-state index contributed by atoms with van der Waals surface area (Å²) in [7, 11) is 0. The molecule has 0 bridgehead atoms. The number of rotatable bonds is 5. The molecule has 0 aliphatic rings. The minimum absolute atomic E-state index is 0.103. The summed E-state index contributed by atoms with van der Waals surface area (Å²) < 4.78 is 31.7. The molecular weight excluding hydrogens is 242 g/mol. The molecule has 1 aromatic rings. The molecule has 1 rings (SSSR count). The van der Waals surface area contributed by atoms with E-state index in [1.165, 1.54) is 13.0 Å². The largest absolute Gasteiger partial charge is 0.466 e. The van der Waals surface area contributed by atoms with E-state index < -0.39 is 28.8 Å².